The summed E-state index contributed by atoms with van der Waals surface area (Å²) in [5.41, 5.74) is 1.97. The van der Waals surface area contributed by atoms with Gasteiger partial charge in [-0.25, -0.2) is 0 Å². The van der Waals surface area contributed by atoms with Crippen molar-refractivity contribution >= 4 is 17.3 Å². The van der Waals surface area contributed by atoms with Crippen LogP contribution in [0.2, 0.25) is 5.02 Å². The third-order valence-corrected chi connectivity index (χ3v) is 4.42. The highest BCUT2D eigenvalue weighted by Gasteiger charge is 2.25. The van der Waals surface area contributed by atoms with Crippen LogP contribution < -0.4 is 10.2 Å². The van der Waals surface area contributed by atoms with Crippen molar-refractivity contribution in [3.05, 3.63) is 28.8 Å². The van der Waals surface area contributed by atoms with Crippen molar-refractivity contribution in [2.24, 2.45) is 0 Å². The second-order valence-electron chi connectivity index (χ2n) is 6.29. The lowest BCUT2D eigenvalue weighted by molar-refractivity contribution is 0.0481. The molecule has 1 unspecified atom stereocenters. The van der Waals surface area contributed by atoms with E-state index in [-0.39, 0.29) is 0 Å². The van der Waals surface area contributed by atoms with Gasteiger partial charge in [0.2, 0.25) is 0 Å². The molecule has 0 radical (unpaired) electrons. The van der Waals surface area contributed by atoms with Crippen molar-refractivity contribution < 1.29 is 5.11 Å². The summed E-state index contributed by atoms with van der Waals surface area (Å²) in [7, 11) is 0. The van der Waals surface area contributed by atoms with Crippen LogP contribution in [0.15, 0.2) is 18.2 Å². The van der Waals surface area contributed by atoms with E-state index in [1.165, 1.54) is 11.3 Å². The smallest absolute Gasteiger partial charge is 0.0637 e. The van der Waals surface area contributed by atoms with Crippen LogP contribution in [0.3, 0.4) is 0 Å². The quantitative estimate of drug-likeness (QED) is 0.816. The van der Waals surface area contributed by atoms with Gasteiger partial charge in [-0.3, -0.25) is 0 Å². The molecule has 1 aliphatic heterocycles. The van der Waals surface area contributed by atoms with E-state index in [2.05, 4.69) is 29.3 Å². The number of hydrogen-bond donors (Lipinski definition) is 2. The highest BCUT2D eigenvalue weighted by Crippen LogP contribution is 2.29. The topological polar surface area (TPSA) is 35.5 Å². The Labute approximate surface area is 133 Å². The summed E-state index contributed by atoms with van der Waals surface area (Å²) in [5, 5.41) is 14.5. The second kappa shape index (κ2) is 7.48. The molecule has 0 amide bonds. The van der Waals surface area contributed by atoms with E-state index in [0.717, 1.165) is 56.9 Å². The minimum atomic E-state index is -0.526. The first kappa shape index (κ1) is 16.6. The molecule has 1 atom stereocenters. The molecular weight excluding hydrogens is 284 g/mol. The van der Waals surface area contributed by atoms with Gasteiger partial charge in [0.25, 0.3) is 0 Å². The van der Waals surface area contributed by atoms with Crippen molar-refractivity contribution in [2.45, 2.75) is 51.7 Å². The van der Waals surface area contributed by atoms with Gasteiger partial charge in [0, 0.05) is 30.3 Å². The van der Waals surface area contributed by atoms with E-state index in [4.69, 9.17) is 11.6 Å². The lowest BCUT2D eigenvalue weighted by Crippen LogP contribution is -2.29. The first-order chi connectivity index (χ1) is 10.0. The predicted molar refractivity (Wildman–Crippen MR) is 90.1 cm³/mol. The summed E-state index contributed by atoms with van der Waals surface area (Å²) in [6.45, 7) is 7.87. The predicted octanol–water partition coefficient (Wildman–Crippen LogP) is 3.58. The number of rotatable bonds is 5. The highest BCUT2D eigenvalue weighted by molar-refractivity contribution is 6.30. The molecule has 2 N–H and O–H groups in total. The first-order valence-electron chi connectivity index (χ1n) is 7.98. The van der Waals surface area contributed by atoms with Crippen molar-refractivity contribution in [1.29, 1.82) is 0 Å². The van der Waals surface area contributed by atoms with Gasteiger partial charge in [-0.05, 0) is 62.9 Å². The molecule has 1 aliphatic rings. The van der Waals surface area contributed by atoms with Crippen molar-refractivity contribution in [2.75, 3.05) is 24.5 Å². The van der Waals surface area contributed by atoms with E-state index in [0.29, 0.717) is 0 Å². The number of anilines is 1. The molecule has 118 valence electrons. The minimum absolute atomic E-state index is 0.526. The largest absolute Gasteiger partial charge is 0.390 e. The molecule has 0 spiro atoms. The van der Waals surface area contributed by atoms with E-state index >= 15 is 0 Å². The molecule has 4 heteroatoms. The molecule has 1 aromatic rings. The summed E-state index contributed by atoms with van der Waals surface area (Å²) in [6.07, 6.45) is 3.85. The maximum Gasteiger partial charge on any atom is 0.0637 e. The van der Waals surface area contributed by atoms with Gasteiger partial charge in [-0.15, -0.1) is 0 Å². The van der Waals surface area contributed by atoms with Gasteiger partial charge in [0.05, 0.1) is 5.60 Å². The molecule has 1 saturated heterocycles. The first-order valence-corrected chi connectivity index (χ1v) is 8.36. The average Bonchev–Trinajstić information content (AvgIpc) is 2.60. The SMILES string of the molecule is CCCNCc1cc(Cl)ccc1N1CCCC(C)(O)CC1. The average molecular weight is 311 g/mol. The second-order valence-corrected chi connectivity index (χ2v) is 6.72. The van der Waals surface area contributed by atoms with Gasteiger partial charge in [-0.2, -0.15) is 0 Å². The number of benzene rings is 1. The van der Waals surface area contributed by atoms with E-state index in [9.17, 15) is 5.11 Å². The standard InChI is InChI=1S/C17H27ClN2O/c1-3-9-19-13-14-12-15(18)5-6-16(14)20-10-4-7-17(2,21)8-11-20/h5-6,12,19,21H,3-4,7-11,13H2,1-2H3. The molecule has 0 bridgehead atoms. The van der Waals surface area contributed by atoms with E-state index < -0.39 is 5.60 Å². The van der Waals surface area contributed by atoms with Crippen molar-refractivity contribution in [1.82, 2.24) is 5.32 Å². The molecule has 1 fully saturated rings. The van der Waals surface area contributed by atoms with Crippen LogP contribution in [0.4, 0.5) is 5.69 Å². The Morgan fingerprint density at radius 1 is 1.33 bits per heavy atom. The highest BCUT2D eigenvalue weighted by atomic mass is 35.5. The summed E-state index contributed by atoms with van der Waals surface area (Å²) in [6, 6.07) is 6.14. The van der Waals surface area contributed by atoms with Crippen LogP contribution in [0.25, 0.3) is 0 Å². The Kier molecular flexibility index (Phi) is 5.91. The fourth-order valence-electron chi connectivity index (χ4n) is 2.91. The molecule has 0 aliphatic carbocycles. The van der Waals surface area contributed by atoms with Crippen LogP contribution in [-0.2, 0) is 6.54 Å². The maximum absolute atomic E-state index is 10.2. The van der Waals surface area contributed by atoms with Crippen LogP contribution in [0.5, 0.6) is 0 Å². The lowest BCUT2D eigenvalue weighted by Gasteiger charge is -2.27. The fourth-order valence-corrected chi connectivity index (χ4v) is 3.10. The van der Waals surface area contributed by atoms with Crippen molar-refractivity contribution in [3.8, 4) is 0 Å². The summed E-state index contributed by atoms with van der Waals surface area (Å²) < 4.78 is 0. The van der Waals surface area contributed by atoms with Gasteiger partial charge in [0.1, 0.15) is 0 Å². The molecule has 2 rings (SSSR count). The van der Waals surface area contributed by atoms with Crippen molar-refractivity contribution in [3.63, 3.8) is 0 Å². The molecule has 3 nitrogen and oxygen atoms in total. The molecule has 21 heavy (non-hydrogen) atoms. The summed E-state index contributed by atoms with van der Waals surface area (Å²) in [4.78, 5) is 2.39. The Morgan fingerprint density at radius 3 is 2.90 bits per heavy atom. The monoisotopic (exact) mass is 310 g/mol. The van der Waals surface area contributed by atoms with Crippen LogP contribution in [-0.4, -0.2) is 30.3 Å². The maximum atomic E-state index is 10.2. The normalized spacial score (nSPS) is 23.1. The van der Waals surface area contributed by atoms with E-state index in [1.807, 2.05) is 13.0 Å². The molecule has 1 aromatic carbocycles. The lowest BCUT2D eigenvalue weighted by atomic mass is 9.98. The summed E-state index contributed by atoms with van der Waals surface area (Å²) >= 11 is 6.16. The Bertz CT molecular complexity index is 462. The number of halogens is 1. The Morgan fingerprint density at radius 2 is 2.14 bits per heavy atom. The van der Waals surface area contributed by atoms with Gasteiger partial charge < -0.3 is 15.3 Å². The molecular formula is C17H27ClN2O. The zero-order valence-electron chi connectivity index (χ0n) is 13.2. The number of nitrogens with one attached hydrogen (secondary N) is 1. The number of hydrogen-bond acceptors (Lipinski definition) is 3. The fraction of sp³-hybridized carbons (Fsp3) is 0.647. The molecule has 1 heterocycles. The van der Waals surface area contributed by atoms with Gasteiger partial charge in [-0.1, -0.05) is 18.5 Å². The minimum Gasteiger partial charge on any atom is -0.390 e. The zero-order chi connectivity index (χ0) is 15.3. The number of nitrogens with zero attached hydrogens (tertiary/aromatic N) is 1. The third-order valence-electron chi connectivity index (χ3n) is 4.19. The molecule has 0 saturated carbocycles. The zero-order valence-corrected chi connectivity index (χ0v) is 13.9. The Hall–Kier alpha value is -0.770. The summed E-state index contributed by atoms with van der Waals surface area (Å²) in [5.74, 6) is 0. The number of aliphatic hydroxyl groups is 1. The Balaban J connectivity index is 2.13. The van der Waals surface area contributed by atoms with E-state index in [1.54, 1.807) is 0 Å². The van der Waals surface area contributed by atoms with Crippen LogP contribution in [0.1, 0.15) is 45.1 Å². The van der Waals surface area contributed by atoms with Crippen LogP contribution in [0, 0.1) is 0 Å². The van der Waals surface area contributed by atoms with Gasteiger partial charge >= 0.3 is 0 Å². The molecule has 0 aromatic heterocycles. The van der Waals surface area contributed by atoms with Crippen LogP contribution >= 0.6 is 11.6 Å². The third kappa shape index (κ3) is 4.87. The van der Waals surface area contributed by atoms with Gasteiger partial charge in [0.15, 0.2) is 0 Å².